The Balaban J connectivity index is 0. The smallest absolute Gasteiger partial charge is 0.140 e. The van der Waals surface area contributed by atoms with E-state index in [0.29, 0.717) is 0 Å². The van der Waals surface area contributed by atoms with Gasteiger partial charge in [-0.15, -0.1) is 0 Å². The van der Waals surface area contributed by atoms with Gasteiger partial charge in [0.15, 0.2) is 0 Å². The van der Waals surface area contributed by atoms with Gasteiger partial charge in [0.05, 0.1) is 0 Å². The molecule has 1 aromatic rings. The van der Waals surface area contributed by atoms with Gasteiger partial charge in [0, 0.05) is 37.1 Å². The first-order valence-electron chi connectivity index (χ1n) is 2.11. The standard InChI is InChI=1S/C5H5NO2.2V/c7-4-2-1-3-6-5(4)8;;/h1-3H,(H2,6,7,8);;/p-1. The molecule has 0 saturated carbocycles. The molecular weight excluding hydrogens is 208 g/mol. The quantitative estimate of drug-likeness (QED) is 0.642. The Bertz CT molecular complexity index is 235. The molecule has 5 heteroatoms. The minimum atomic E-state index is -0.576. The van der Waals surface area contributed by atoms with Crippen molar-refractivity contribution in [3.63, 3.8) is 0 Å². The summed E-state index contributed by atoms with van der Waals surface area (Å²) in [6.07, 6.45) is 1.34. The Morgan fingerprint density at radius 3 is 2.30 bits per heavy atom. The Morgan fingerprint density at radius 2 is 2.00 bits per heavy atom. The van der Waals surface area contributed by atoms with Crippen molar-refractivity contribution in [2.75, 3.05) is 0 Å². The van der Waals surface area contributed by atoms with Crippen molar-refractivity contribution in [2.45, 2.75) is 0 Å². The number of pyridine rings is 1. The molecule has 0 spiro atoms. The van der Waals surface area contributed by atoms with Gasteiger partial charge < -0.3 is 14.9 Å². The van der Waals surface area contributed by atoms with E-state index in [1.54, 1.807) is 0 Å². The first-order valence-corrected chi connectivity index (χ1v) is 2.11. The Hall–Kier alpha value is -0.0812. The van der Waals surface area contributed by atoms with Crippen molar-refractivity contribution < 1.29 is 42.2 Å². The molecule has 52 valence electrons. The molecule has 0 bridgehead atoms. The van der Waals surface area contributed by atoms with Gasteiger partial charge in [0.2, 0.25) is 0 Å². The molecule has 1 N–H and O–H groups in total. The maximum absolute atomic E-state index is 10.3. The average molecular weight is 212 g/mol. The minimum Gasteiger partial charge on any atom is -0.626 e. The third-order valence-corrected chi connectivity index (χ3v) is 0.751. The maximum atomic E-state index is 10.3. The fraction of sp³-hybridized carbons (Fsp3) is 0. The molecule has 0 saturated heterocycles. The summed E-state index contributed by atoms with van der Waals surface area (Å²) in [5, 5.41) is 8.54. The van der Waals surface area contributed by atoms with Gasteiger partial charge in [-0.25, -0.2) is 0 Å². The summed E-state index contributed by atoms with van der Waals surface area (Å²) < 4.78 is 0. The van der Waals surface area contributed by atoms with Crippen LogP contribution in [0.15, 0.2) is 23.1 Å². The zero-order valence-corrected chi connectivity index (χ0v) is 7.72. The summed E-state index contributed by atoms with van der Waals surface area (Å²) in [5.74, 6) is -0.299. The van der Waals surface area contributed by atoms with E-state index in [-0.39, 0.29) is 42.9 Å². The summed E-state index contributed by atoms with van der Waals surface area (Å²) in [4.78, 5) is 13.5. The molecule has 10 heavy (non-hydrogen) atoms. The molecule has 0 fully saturated rings. The molecule has 0 aliphatic carbocycles. The second-order valence-corrected chi connectivity index (χ2v) is 1.33. The van der Waals surface area contributed by atoms with E-state index in [1.165, 1.54) is 18.3 Å². The van der Waals surface area contributed by atoms with Crippen LogP contribution in [0.25, 0.3) is 0 Å². The van der Waals surface area contributed by atoms with E-state index in [0.717, 1.165) is 0 Å². The molecule has 0 aliphatic rings. The van der Waals surface area contributed by atoms with E-state index in [2.05, 4.69) is 4.98 Å². The zero-order valence-electron chi connectivity index (χ0n) is 4.93. The van der Waals surface area contributed by atoms with Crippen LogP contribution in [0, 0.1) is 0 Å². The third kappa shape index (κ3) is 3.18. The Labute approximate surface area is 81.6 Å². The van der Waals surface area contributed by atoms with E-state index in [4.69, 9.17) is 5.11 Å². The van der Waals surface area contributed by atoms with Gasteiger partial charge in [0.1, 0.15) is 11.3 Å². The molecule has 1 rings (SSSR count). The minimum absolute atomic E-state index is 0. The molecule has 0 atom stereocenters. The predicted octanol–water partition coefficient (Wildman–Crippen LogP) is -0.295. The first kappa shape index (κ1) is 12.6. The molecule has 0 amide bonds. The van der Waals surface area contributed by atoms with Gasteiger partial charge in [0.25, 0.3) is 0 Å². The molecule has 0 unspecified atom stereocenters. The van der Waals surface area contributed by atoms with E-state index in [1.807, 2.05) is 0 Å². The number of rotatable bonds is 0. The van der Waals surface area contributed by atoms with Gasteiger partial charge >= 0.3 is 0 Å². The monoisotopic (exact) mass is 212 g/mol. The molecule has 3 nitrogen and oxygen atoms in total. The fourth-order valence-electron chi connectivity index (χ4n) is 0.382. The van der Waals surface area contributed by atoms with Gasteiger partial charge in [-0.1, -0.05) is 6.07 Å². The Morgan fingerprint density at radius 1 is 1.40 bits per heavy atom. The van der Waals surface area contributed by atoms with Crippen LogP contribution >= 0.6 is 0 Å². The number of hydrogen-bond donors (Lipinski definition) is 1. The molecule has 0 aromatic carbocycles. The maximum Gasteiger partial charge on any atom is 0.140 e. The zero-order chi connectivity index (χ0) is 5.98. The number of nitrogens with zero attached hydrogens (tertiary/aromatic N) is 1. The van der Waals surface area contributed by atoms with Crippen LogP contribution in [-0.2, 0) is 37.1 Å². The molecular formula is C5H4NO2V2-. The summed E-state index contributed by atoms with van der Waals surface area (Å²) in [6, 6.07) is 2.80. The van der Waals surface area contributed by atoms with Crippen molar-refractivity contribution in [2.24, 2.45) is 0 Å². The second kappa shape index (κ2) is 5.68. The van der Waals surface area contributed by atoms with Gasteiger partial charge in [-0.2, -0.15) is 6.20 Å². The number of aromatic nitrogens is 1. The van der Waals surface area contributed by atoms with Gasteiger partial charge in [-0.05, 0) is 6.07 Å². The third-order valence-electron chi connectivity index (χ3n) is 0.751. The number of hydrogen-bond acceptors (Lipinski definition) is 2. The molecule has 1 aromatic heterocycles. The van der Waals surface area contributed by atoms with E-state index < -0.39 is 5.56 Å². The van der Waals surface area contributed by atoms with Crippen molar-refractivity contribution in [1.82, 2.24) is 4.98 Å². The van der Waals surface area contributed by atoms with Crippen LogP contribution in [0.5, 0.6) is 5.75 Å². The Kier molecular flexibility index (Phi) is 7.15. The predicted molar refractivity (Wildman–Crippen MR) is 27.7 cm³/mol. The van der Waals surface area contributed by atoms with Crippen molar-refractivity contribution >= 4 is 0 Å². The molecule has 1 heterocycles. The van der Waals surface area contributed by atoms with Crippen LogP contribution in [0.1, 0.15) is 0 Å². The average Bonchev–Trinajstić information content (AvgIpc) is 1.77. The van der Waals surface area contributed by atoms with Crippen LogP contribution in [0.2, 0.25) is 0 Å². The molecule has 0 aliphatic heterocycles. The largest absolute Gasteiger partial charge is 0.626 e. The normalized spacial score (nSPS) is 7.20. The van der Waals surface area contributed by atoms with Crippen molar-refractivity contribution in [3.8, 4) is 5.75 Å². The summed E-state index contributed by atoms with van der Waals surface area (Å²) in [6.45, 7) is 0. The van der Waals surface area contributed by atoms with Crippen LogP contribution in [0.3, 0.4) is 0 Å². The van der Waals surface area contributed by atoms with Crippen LogP contribution < -0.4 is 10.5 Å². The van der Waals surface area contributed by atoms with Crippen molar-refractivity contribution in [3.05, 3.63) is 28.7 Å². The summed E-state index contributed by atoms with van der Waals surface area (Å²) >= 11 is 0. The van der Waals surface area contributed by atoms with E-state index in [9.17, 15) is 4.79 Å². The number of aromatic hydroxyl groups is 1. The SMILES string of the molecule is O=c1[n-]cccc1O.[V].[V]. The second-order valence-electron chi connectivity index (χ2n) is 1.33. The van der Waals surface area contributed by atoms with Crippen molar-refractivity contribution in [1.29, 1.82) is 0 Å². The summed E-state index contributed by atoms with van der Waals surface area (Å²) in [5.41, 5.74) is -0.576. The van der Waals surface area contributed by atoms with Crippen LogP contribution in [0.4, 0.5) is 0 Å². The fourth-order valence-corrected chi connectivity index (χ4v) is 0.382. The molecule has 2 radical (unpaired) electrons. The first-order chi connectivity index (χ1) is 3.80. The van der Waals surface area contributed by atoms with Gasteiger partial charge in [-0.3, -0.25) is 0 Å². The topological polar surface area (TPSA) is 51.4 Å². The summed E-state index contributed by atoms with van der Waals surface area (Å²) in [7, 11) is 0. The van der Waals surface area contributed by atoms with Crippen LogP contribution in [-0.4, -0.2) is 5.11 Å². The van der Waals surface area contributed by atoms with E-state index >= 15 is 0 Å².